The van der Waals surface area contributed by atoms with Crippen LogP contribution in [0.25, 0.3) is 0 Å². The normalized spacial score (nSPS) is 10.6. The molecule has 0 aliphatic rings. The smallest absolute Gasteiger partial charge is 0.230 e. The second kappa shape index (κ2) is 7.36. The van der Waals surface area contributed by atoms with Crippen molar-refractivity contribution in [3.63, 3.8) is 0 Å². The lowest BCUT2D eigenvalue weighted by Gasteiger charge is -2.01. The van der Waals surface area contributed by atoms with Gasteiger partial charge in [-0.2, -0.15) is 0 Å². The fraction of sp³-hybridized carbons (Fsp3) is 0.158. The van der Waals surface area contributed by atoms with E-state index < -0.39 is 0 Å². The number of hydrogen-bond donors (Lipinski definition) is 1. The van der Waals surface area contributed by atoms with E-state index >= 15 is 0 Å². The number of aromatic nitrogens is 1. The van der Waals surface area contributed by atoms with Crippen LogP contribution >= 0.6 is 11.3 Å². The number of amides is 1. The van der Waals surface area contributed by atoms with E-state index in [0.29, 0.717) is 18.0 Å². The maximum absolute atomic E-state index is 13.0. The minimum absolute atomic E-state index is 0.0803. The number of benzene rings is 2. The molecule has 5 heteroatoms. The van der Waals surface area contributed by atoms with Gasteiger partial charge in [-0.3, -0.25) is 4.79 Å². The Hall–Kier alpha value is -2.53. The summed E-state index contributed by atoms with van der Waals surface area (Å²) in [6.07, 6.45) is 1.01. The molecule has 3 nitrogen and oxygen atoms in total. The van der Waals surface area contributed by atoms with Crippen molar-refractivity contribution in [1.29, 1.82) is 0 Å². The molecule has 1 heterocycles. The third-order valence-electron chi connectivity index (χ3n) is 3.62. The average Bonchev–Trinajstić information content (AvgIpc) is 2.89. The summed E-state index contributed by atoms with van der Waals surface area (Å²) in [5.74, 6) is -0.322. The molecule has 0 spiro atoms. The number of hydrogen-bond acceptors (Lipinski definition) is 3. The molecule has 2 aromatic carbocycles. The van der Waals surface area contributed by atoms with Gasteiger partial charge < -0.3 is 5.32 Å². The van der Waals surface area contributed by atoms with Crippen LogP contribution in [0.2, 0.25) is 0 Å². The standard InChI is InChI=1S/C19H17FN2OS/c1-13-17(11-15-7-9-16(20)10-8-15)24-19(21-13)22-18(23)12-14-5-3-2-4-6-14/h2-10H,11-12H2,1H3,(H,21,22,23). The van der Waals surface area contributed by atoms with Crippen molar-refractivity contribution >= 4 is 22.4 Å². The van der Waals surface area contributed by atoms with Gasteiger partial charge in [0.15, 0.2) is 5.13 Å². The van der Waals surface area contributed by atoms with Gasteiger partial charge in [-0.1, -0.05) is 42.5 Å². The first-order chi connectivity index (χ1) is 11.6. The molecule has 0 fully saturated rings. The third kappa shape index (κ3) is 4.26. The van der Waals surface area contributed by atoms with Gasteiger partial charge in [0, 0.05) is 11.3 Å². The maximum Gasteiger partial charge on any atom is 0.230 e. The summed E-state index contributed by atoms with van der Waals surface area (Å²) in [5, 5.41) is 3.46. The van der Waals surface area contributed by atoms with E-state index in [1.54, 1.807) is 12.1 Å². The van der Waals surface area contributed by atoms with Crippen molar-refractivity contribution in [3.05, 3.63) is 82.1 Å². The topological polar surface area (TPSA) is 42.0 Å². The highest BCUT2D eigenvalue weighted by molar-refractivity contribution is 7.15. The molecule has 0 saturated heterocycles. The molecule has 1 N–H and O–H groups in total. The number of carbonyl (C=O) groups is 1. The van der Waals surface area contributed by atoms with Crippen molar-refractivity contribution in [2.75, 3.05) is 5.32 Å². The minimum Gasteiger partial charge on any atom is -0.302 e. The molecule has 0 atom stereocenters. The summed E-state index contributed by atoms with van der Waals surface area (Å²) in [4.78, 5) is 17.6. The number of nitrogens with zero attached hydrogens (tertiary/aromatic N) is 1. The van der Waals surface area contributed by atoms with Crippen LogP contribution in [0.15, 0.2) is 54.6 Å². The highest BCUT2D eigenvalue weighted by Gasteiger charge is 2.11. The molecule has 0 unspecified atom stereocenters. The number of halogens is 1. The first-order valence-corrected chi connectivity index (χ1v) is 8.46. The Morgan fingerprint density at radius 3 is 2.50 bits per heavy atom. The van der Waals surface area contributed by atoms with Crippen LogP contribution < -0.4 is 5.32 Å². The van der Waals surface area contributed by atoms with Crippen molar-refractivity contribution in [2.24, 2.45) is 0 Å². The van der Waals surface area contributed by atoms with Crippen LogP contribution in [-0.2, 0) is 17.6 Å². The number of thiazole rings is 1. The van der Waals surface area contributed by atoms with Crippen LogP contribution in [0, 0.1) is 12.7 Å². The van der Waals surface area contributed by atoms with Gasteiger partial charge in [0.05, 0.1) is 12.1 Å². The number of aryl methyl sites for hydroxylation is 1. The zero-order chi connectivity index (χ0) is 16.9. The Balaban J connectivity index is 1.65. The quantitative estimate of drug-likeness (QED) is 0.750. The zero-order valence-corrected chi connectivity index (χ0v) is 14.1. The summed E-state index contributed by atoms with van der Waals surface area (Å²) in [5.41, 5.74) is 2.87. The second-order valence-corrected chi connectivity index (χ2v) is 6.63. The van der Waals surface area contributed by atoms with Gasteiger partial charge in [-0.15, -0.1) is 11.3 Å². The van der Waals surface area contributed by atoms with Crippen molar-refractivity contribution in [3.8, 4) is 0 Å². The average molecular weight is 340 g/mol. The Labute approximate surface area is 144 Å². The monoisotopic (exact) mass is 340 g/mol. The van der Waals surface area contributed by atoms with Gasteiger partial charge >= 0.3 is 0 Å². The molecule has 0 aliphatic heterocycles. The summed E-state index contributed by atoms with van der Waals surface area (Å²) in [7, 11) is 0. The zero-order valence-electron chi connectivity index (χ0n) is 13.3. The van der Waals surface area contributed by atoms with E-state index in [4.69, 9.17) is 0 Å². The fourth-order valence-electron chi connectivity index (χ4n) is 2.38. The summed E-state index contributed by atoms with van der Waals surface area (Å²) in [6.45, 7) is 1.92. The van der Waals surface area contributed by atoms with Crippen LogP contribution in [-0.4, -0.2) is 10.9 Å². The SMILES string of the molecule is Cc1nc(NC(=O)Cc2ccccc2)sc1Cc1ccc(F)cc1. The maximum atomic E-state index is 13.0. The molecule has 1 aromatic heterocycles. The molecule has 0 aliphatic carbocycles. The second-order valence-electron chi connectivity index (χ2n) is 5.54. The first-order valence-electron chi connectivity index (χ1n) is 7.64. The van der Waals surface area contributed by atoms with Crippen LogP contribution in [0.5, 0.6) is 0 Å². The van der Waals surface area contributed by atoms with Gasteiger partial charge in [0.1, 0.15) is 5.82 Å². The lowest BCUT2D eigenvalue weighted by Crippen LogP contribution is -2.14. The lowest BCUT2D eigenvalue weighted by atomic mass is 10.1. The summed E-state index contributed by atoms with van der Waals surface area (Å²) < 4.78 is 13.0. The van der Waals surface area contributed by atoms with Gasteiger partial charge in [0.25, 0.3) is 0 Å². The predicted octanol–water partition coefficient (Wildman–Crippen LogP) is 4.36. The molecule has 3 aromatic rings. The van der Waals surface area contributed by atoms with E-state index in [9.17, 15) is 9.18 Å². The lowest BCUT2D eigenvalue weighted by molar-refractivity contribution is -0.115. The minimum atomic E-state index is -0.242. The van der Waals surface area contributed by atoms with Gasteiger partial charge in [-0.25, -0.2) is 9.37 Å². The van der Waals surface area contributed by atoms with E-state index in [1.165, 1.54) is 23.5 Å². The molecular weight excluding hydrogens is 323 g/mol. The van der Waals surface area contributed by atoms with Gasteiger partial charge in [0.2, 0.25) is 5.91 Å². The first kappa shape index (κ1) is 16.3. The van der Waals surface area contributed by atoms with Crippen LogP contribution in [0.4, 0.5) is 9.52 Å². The van der Waals surface area contributed by atoms with Crippen molar-refractivity contribution in [1.82, 2.24) is 4.98 Å². The Morgan fingerprint density at radius 1 is 1.08 bits per heavy atom. The number of carbonyl (C=O) groups excluding carboxylic acids is 1. The highest BCUT2D eigenvalue weighted by Crippen LogP contribution is 2.25. The number of rotatable bonds is 5. The van der Waals surface area contributed by atoms with Gasteiger partial charge in [-0.05, 0) is 30.2 Å². The van der Waals surface area contributed by atoms with Crippen LogP contribution in [0.3, 0.4) is 0 Å². The van der Waals surface area contributed by atoms with E-state index in [-0.39, 0.29) is 11.7 Å². The molecule has 1 amide bonds. The Kier molecular flexibility index (Phi) is 5.01. The molecule has 3 rings (SSSR count). The fourth-order valence-corrected chi connectivity index (χ4v) is 3.39. The third-order valence-corrected chi connectivity index (χ3v) is 4.70. The largest absolute Gasteiger partial charge is 0.302 e. The molecule has 24 heavy (non-hydrogen) atoms. The molecular formula is C19H17FN2OS. The molecule has 0 radical (unpaired) electrons. The van der Waals surface area contributed by atoms with Crippen LogP contribution in [0.1, 0.15) is 21.7 Å². The van der Waals surface area contributed by atoms with E-state index in [1.807, 2.05) is 37.3 Å². The molecule has 122 valence electrons. The van der Waals surface area contributed by atoms with Crippen molar-refractivity contribution in [2.45, 2.75) is 19.8 Å². The van der Waals surface area contributed by atoms with Crippen molar-refractivity contribution < 1.29 is 9.18 Å². The summed E-state index contributed by atoms with van der Waals surface area (Å²) in [6, 6.07) is 16.0. The molecule has 0 bridgehead atoms. The molecule has 0 saturated carbocycles. The predicted molar refractivity (Wildman–Crippen MR) is 94.8 cm³/mol. The summed E-state index contributed by atoms with van der Waals surface area (Å²) >= 11 is 1.46. The highest BCUT2D eigenvalue weighted by atomic mass is 32.1. The number of nitrogens with one attached hydrogen (secondary N) is 1. The Bertz CT molecular complexity index is 828. The Morgan fingerprint density at radius 2 is 1.79 bits per heavy atom. The van der Waals surface area contributed by atoms with E-state index in [0.717, 1.165) is 21.7 Å². The number of anilines is 1. The van der Waals surface area contributed by atoms with E-state index in [2.05, 4.69) is 10.3 Å².